The molecule has 0 unspecified atom stereocenters. The molecule has 0 bridgehead atoms. The van der Waals surface area contributed by atoms with Gasteiger partial charge < -0.3 is 62.1 Å². The predicted molar refractivity (Wildman–Crippen MR) is 353 cm³/mol. The van der Waals surface area contributed by atoms with Gasteiger partial charge in [0.2, 0.25) is 47.3 Å². The Kier molecular flexibility index (Phi) is 31.9. The number of esters is 2. The van der Waals surface area contributed by atoms with E-state index in [-0.39, 0.29) is 121 Å². The highest BCUT2D eigenvalue weighted by molar-refractivity contribution is 5.94. The first-order valence-electron chi connectivity index (χ1n) is 33.1. The number of amides is 9. The summed E-state index contributed by atoms with van der Waals surface area (Å²) < 4.78 is 14.9. The zero-order valence-corrected chi connectivity index (χ0v) is 56.2. The van der Waals surface area contributed by atoms with Crippen molar-refractivity contribution in [2.75, 3.05) is 33.9 Å². The number of benzene rings is 2. The minimum absolute atomic E-state index is 0. The molecule has 0 spiro atoms. The zero-order valence-electron chi connectivity index (χ0n) is 56.2. The zero-order chi connectivity index (χ0) is 68.5. The topological polar surface area (TPSA) is 348 Å². The van der Waals surface area contributed by atoms with Gasteiger partial charge in [-0.1, -0.05) is 110 Å². The molecule has 3 heterocycles. The lowest BCUT2D eigenvalue weighted by Crippen LogP contribution is -2.54. The SMILES string of the molecule is C.CC(C)C[C@H](NC(=O)[C@@H]1C[C@H]1c1ccccc1)C(=O)N[C@H](C#N)C[C@@H]1CCCNC1=O.COC(=O)[C@H](C[C@@H]1CCCNC1=O)NC(=O)[C@H](CC(C)C)NC(=O)OC(C)(C)C.COC(=O)[C@H](C[C@@H]1CCCNC1=O)NC(=O)[C@H](CC(C)C)NC(=O)[C@@H]1C[C@H]1c1ccccc1. The van der Waals surface area contributed by atoms with Crippen LogP contribution in [0, 0.1) is 58.7 Å². The maximum Gasteiger partial charge on any atom is 0.408 e. The molecule has 9 N–H and O–H groups in total. The number of piperidine rings is 3. The van der Waals surface area contributed by atoms with Gasteiger partial charge in [-0.2, -0.15) is 5.26 Å². The molecule has 13 atom stereocenters. The number of methoxy groups -OCH3 is 2. The second-order valence-corrected chi connectivity index (χ2v) is 27.4. The van der Waals surface area contributed by atoms with Crippen molar-refractivity contribution in [1.29, 1.82) is 5.26 Å². The van der Waals surface area contributed by atoms with Crippen LogP contribution in [-0.2, 0) is 62.2 Å². The molecule has 2 aromatic rings. The first kappa shape index (κ1) is 78.3. The third-order valence-corrected chi connectivity index (χ3v) is 16.9. The van der Waals surface area contributed by atoms with Crippen LogP contribution in [-0.4, -0.2) is 141 Å². The van der Waals surface area contributed by atoms with Crippen molar-refractivity contribution >= 4 is 65.3 Å². The number of alkyl carbamates (subject to hydrolysis) is 1. The number of hydrogen-bond acceptors (Lipinski definition) is 15. The Morgan fingerprint density at radius 3 is 1.17 bits per heavy atom. The number of carbonyl (C=O) groups excluding carboxylic acids is 11. The van der Waals surface area contributed by atoms with Crippen molar-refractivity contribution < 1.29 is 67.0 Å². The summed E-state index contributed by atoms with van der Waals surface area (Å²) in [4.78, 5) is 137. The quantitative estimate of drug-likeness (QED) is 0.0351. The summed E-state index contributed by atoms with van der Waals surface area (Å²) in [5, 5.41) is 34.4. The maximum atomic E-state index is 13.1. The minimum Gasteiger partial charge on any atom is -0.467 e. The summed E-state index contributed by atoms with van der Waals surface area (Å²) in [6.07, 6.45) is 7.26. The molecule has 24 heteroatoms. The van der Waals surface area contributed by atoms with Crippen molar-refractivity contribution in [1.82, 2.24) is 47.9 Å². The molecule has 24 nitrogen and oxygen atoms in total. The van der Waals surface area contributed by atoms with Crippen LogP contribution in [0.25, 0.3) is 0 Å². The van der Waals surface area contributed by atoms with Gasteiger partial charge in [0.15, 0.2) is 0 Å². The summed E-state index contributed by atoms with van der Waals surface area (Å²) in [6, 6.07) is 16.9. The van der Waals surface area contributed by atoms with Crippen molar-refractivity contribution in [3.05, 3.63) is 71.8 Å². The summed E-state index contributed by atoms with van der Waals surface area (Å²) in [5.41, 5.74) is 1.56. The molecular formula is C70H106N10O14. The third-order valence-electron chi connectivity index (χ3n) is 16.9. The molecule has 7 rings (SSSR count). The number of carbonyl (C=O) groups is 11. The monoisotopic (exact) mass is 1310 g/mol. The van der Waals surface area contributed by atoms with E-state index >= 15 is 0 Å². The molecule has 520 valence electrons. The standard InChI is InChI=1S/C25H35N3O5.C24H32N4O3.C20H35N3O6.CH4/c1-15(2)12-20(27-23(30)19-14-18(19)16-8-5-4-6-9-16)24(31)28-21(25(32)33-3)13-17-10-7-11-26-22(17)29;1-15(2)11-21(28-23(30)20-13-19(20)16-7-4-3-5-8-16)24(31)27-18(14-25)12-17-9-6-10-26-22(17)29;1-12(2)10-14(23-19(27)29-20(3,4)5)17(25)22-15(18(26)28-6)11-13-8-7-9-21-16(13)24;/h4-6,8-9,15,17-21H,7,10-14H2,1-3H3,(H,26,29)(H,27,30)(H,28,31);3-5,7-8,15,17-21H,6,9-13H2,1-2H3,(H,26,29)(H,27,31)(H,28,30);12-15H,7-11H2,1-6H3,(H,21,24)(H,22,25)(H,23,27);1H4/t17-,18-,19+,20-,21-;17-,18-,19-,20+,21-;13-,14-,15-;/m000./s1. The molecule has 0 radical (unpaired) electrons. The van der Waals surface area contributed by atoms with E-state index in [0.717, 1.165) is 43.2 Å². The van der Waals surface area contributed by atoms with Crippen molar-refractivity contribution in [3.63, 3.8) is 0 Å². The van der Waals surface area contributed by atoms with E-state index in [1.807, 2.05) is 102 Å². The van der Waals surface area contributed by atoms with Crippen LogP contribution in [0.5, 0.6) is 0 Å². The molecular weight excluding hydrogens is 1200 g/mol. The average Bonchev–Trinajstić information content (AvgIpc) is 1.65. The highest BCUT2D eigenvalue weighted by Crippen LogP contribution is 2.48. The molecule has 9 amide bonds. The van der Waals surface area contributed by atoms with E-state index in [0.29, 0.717) is 58.2 Å². The minimum atomic E-state index is -0.976. The number of nitrogens with one attached hydrogen (secondary N) is 9. The highest BCUT2D eigenvalue weighted by atomic mass is 16.6. The van der Waals surface area contributed by atoms with E-state index in [1.165, 1.54) is 14.2 Å². The summed E-state index contributed by atoms with van der Waals surface area (Å²) in [5.74, 6) is -3.56. The van der Waals surface area contributed by atoms with Gasteiger partial charge in [0.1, 0.15) is 41.9 Å². The van der Waals surface area contributed by atoms with Crippen LogP contribution in [0.4, 0.5) is 4.79 Å². The van der Waals surface area contributed by atoms with Crippen LogP contribution in [0.2, 0.25) is 0 Å². The summed E-state index contributed by atoms with van der Waals surface area (Å²) in [6.45, 7) is 18.8. The lowest BCUT2D eigenvalue weighted by Gasteiger charge is -2.28. The van der Waals surface area contributed by atoms with Crippen LogP contribution in [0.1, 0.15) is 183 Å². The van der Waals surface area contributed by atoms with Gasteiger partial charge in [-0.3, -0.25) is 38.4 Å². The van der Waals surface area contributed by atoms with E-state index in [9.17, 15) is 58.0 Å². The van der Waals surface area contributed by atoms with Gasteiger partial charge in [0.05, 0.1) is 20.3 Å². The highest BCUT2D eigenvalue weighted by Gasteiger charge is 2.46. The first-order chi connectivity index (χ1) is 44.1. The largest absolute Gasteiger partial charge is 0.467 e. The Labute approximate surface area is 555 Å². The molecule has 3 aliphatic heterocycles. The number of hydrogen-bond donors (Lipinski definition) is 9. The number of rotatable bonds is 27. The van der Waals surface area contributed by atoms with Crippen LogP contribution in [0.3, 0.4) is 0 Å². The second-order valence-electron chi connectivity index (χ2n) is 27.4. The maximum absolute atomic E-state index is 13.1. The van der Waals surface area contributed by atoms with Crippen LogP contribution >= 0.6 is 0 Å². The molecule has 2 saturated carbocycles. The lowest BCUT2D eigenvalue weighted by molar-refractivity contribution is -0.147. The first-order valence-corrected chi connectivity index (χ1v) is 33.1. The fourth-order valence-electron chi connectivity index (χ4n) is 11.9. The Morgan fingerprint density at radius 1 is 0.511 bits per heavy atom. The lowest BCUT2D eigenvalue weighted by atomic mass is 9.91. The normalized spacial score (nSPS) is 22.3. The fraction of sp³-hybridized carbons (Fsp3) is 0.657. The molecule has 3 saturated heterocycles. The van der Waals surface area contributed by atoms with Crippen molar-refractivity contribution in [2.24, 2.45) is 47.3 Å². The predicted octanol–water partition coefficient (Wildman–Crippen LogP) is 6.28. The number of nitrogens with zero attached hydrogens (tertiary/aromatic N) is 1. The summed E-state index contributed by atoms with van der Waals surface area (Å²) in [7, 11) is 2.49. The van der Waals surface area contributed by atoms with E-state index < -0.39 is 71.7 Å². The van der Waals surface area contributed by atoms with Gasteiger partial charge in [-0.05, 0) is 151 Å². The van der Waals surface area contributed by atoms with Gasteiger partial charge >= 0.3 is 18.0 Å². The molecule has 2 aliphatic carbocycles. The number of nitriles is 1. The molecule has 0 aromatic heterocycles. The molecule has 5 aliphatic rings. The van der Waals surface area contributed by atoms with Crippen LogP contribution < -0.4 is 47.9 Å². The summed E-state index contributed by atoms with van der Waals surface area (Å²) >= 11 is 0. The smallest absolute Gasteiger partial charge is 0.408 e. The van der Waals surface area contributed by atoms with E-state index in [1.54, 1.807) is 20.8 Å². The fourth-order valence-corrected chi connectivity index (χ4v) is 11.9. The van der Waals surface area contributed by atoms with E-state index in [4.69, 9.17) is 14.2 Å². The number of ether oxygens (including phenoxy) is 3. The van der Waals surface area contributed by atoms with E-state index in [2.05, 4.69) is 53.9 Å². The Balaban J connectivity index is 0.000000299. The molecule has 2 aromatic carbocycles. The Bertz CT molecular complexity index is 2900. The van der Waals surface area contributed by atoms with Gasteiger partial charge in [-0.25, -0.2) is 14.4 Å². The van der Waals surface area contributed by atoms with Crippen molar-refractivity contribution in [2.45, 2.75) is 213 Å². The molecule has 94 heavy (non-hydrogen) atoms. The Morgan fingerprint density at radius 2 is 0.851 bits per heavy atom. The average molecular weight is 1310 g/mol. The molecule has 5 fully saturated rings. The Hall–Kier alpha value is -8.10. The van der Waals surface area contributed by atoms with Crippen molar-refractivity contribution in [3.8, 4) is 6.07 Å². The third kappa shape index (κ3) is 26.4. The van der Waals surface area contributed by atoms with Crippen LogP contribution in [0.15, 0.2) is 60.7 Å². The van der Waals surface area contributed by atoms with Gasteiger partial charge in [0.25, 0.3) is 0 Å². The van der Waals surface area contributed by atoms with Gasteiger partial charge in [-0.15, -0.1) is 0 Å². The van der Waals surface area contributed by atoms with Gasteiger partial charge in [0, 0.05) is 49.2 Å². The second kappa shape index (κ2) is 38.3.